The Morgan fingerprint density at radius 1 is 1.27 bits per heavy atom. The number of nitrogens with zero attached hydrogens (tertiary/aromatic N) is 1. The highest BCUT2D eigenvalue weighted by Gasteiger charge is 2.34. The van der Waals surface area contributed by atoms with Crippen molar-refractivity contribution < 1.29 is 24.2 Å². The Morgan fingerprint density at radius 2 is 2.08 bits per heavy atom. The molecule has 9 heteroatoms. The lowest BCUT2D eigenvalue weighted by molar-refractivity contribution is -0.137. The van der Waals surface area contributed by atoms with Crippen LogP contribution in [0.4, 0.5) is 5.13 Å². The van der Waals surface area contributed by atoms with E-state index in [1.54, 1.807) is 11.6 Å². The number of thiazole rings is 1. The number of hydrogen-bond acceptors (Lipinski definition) is 7. The van der Waals surface area contributed by atoms with E-state index in [1.807, 2.05) is 0 Å². The summed E-state index contributed by atoms with van der Waals surface area (Å²) in [5, 5.41) is 17.7. The third-order valence-electron chi connectivity index (χ3n) is 4.81. The van der Waals surface area contributed by atoms with Crippen molar-refractivity contribution >= 4 is 28.3 Å². The molecule has 3 heterocycles. The number of nitrogens with one attached hydrogen (secondary N) is 2. The fourth-order valence-corrected chi connectivity index (χ4v) is 3.91. The number of carbonyl (C=O) groups excluding carboxylic acids is 2. The van der Waals surface area contributed by atoms with Crippen LogP contribution in [-0.2, 0) is 19.1 Å². The van der Waals surface area contributed by atoms with Crippen LogP contribution in [0.1, 0.15) is 32.1 Å². The first kappa shape index (κ1) is 19.2. The second-order valence-corrected chi connectivity index (χ2v) is 7.54. The monoisotopic (exact) mass is 383 g/mol. The van der Waals surface area contributed by atoms with Crippen LogP contribution < -0.4 is 10.6 Å². The second-order valence-electron chi connectivity index (χ2n) is 6.65. The molecular weight excluding hydrogens is 358 g/mol. The van der Waals surface area contributed by atoms with Gasteiger partial charge in [-0.1, -0.05) is 0 Å². The molecule has 1 aromatic heterocycles. The van der Waals surface area contributed by atoms with Crippen molar-refractivity contribution in [2.45, 2.75) is 50.4 Å². The molecule has 0 bridgehead atoms. The maximum Gasteiger partial charge on any atom is 0.228 e. The minimum absolute atomic E-state index is 0.000290. The van der Waals surface area contributed by atoms with Gasteiger partial charge in [0.05, 0.1) is 25.2 Å². The van der Waals surface area contributed by atoms with E-state index in [0.717, 1.165) is 12.8 Å². The number of hydrogen-bond donors (Lipinski definition) is 3. The van der Waals surface area contributed by atoms with Gasteiger partial charge in [-0.3, -0.25) is 9.59 Å². The summed E-state index contributed by atoms with van der Waals surface area (Å²) in [5.41, 5.74) is 0. The van der Waals surface area contributed by atoms with E-state index in [2.05, 4.69) is 15.6 Å². The van der Waals surface area contributed by atoms with E-state index < -0.39 is 6.10 Å². The van der Waals surface area contributed by atoms with Crippen molar-refractivity contribution in [2.24, 2.45) is 5.92 Å². The number of aliphatic hydroxyl groups excluding tert-OH is 1. The molecule has 26 heavy (non-hydrogen) atoms. The minimum atomic E-state index is -0.495. The Kier molecular flexibility index (Phi) is 6.95. The van der Waals surface area contributed by atoms with Crippen molar-refractivity contribution in [3.63, 3.8) is 0 Å². The van der Waals surface area contributed by atoms with Gasteiger partial charge in [-0.25, -0.2) is 4.98 Å². The summed E-state index contributed by atoms with van der Waals surface area (Å²) in [4.78, 5) is 28.5. The van der Waals surface area contributed by atoms with Gasteiger partial charge in [-0.15, -0.1) is 11.3 Å². The van der Waals surface area contributed by atoms with Crippen LogP contribution in [0.15, 0.2) is 11.6 Å². The Morgan fingerprint density at radius 3 is 2.77 bits per heavy atom. The highest BCUT2D eigenvalue weighted by Crippen LogP contribution is 2.24. The van der Waals surface area contributed by atoms with E-state index in [0.29, 0.717) is 31.2 Å². The topological polar surface area (TPSA) is 110 Å². The van der Waals surface area contributed by atoms with E-state index >= 15 is 0 Å². The lowest BCUT2D eigenvalue weighted by Gasteiger charge is -2.36. The third kappa shape index (κ3) is 5.23. The lowest BCUT2D eigenvalue weighted by atomic mass is 9.94. The predicted octanol–water partition coefficient (Wildman–Crippen LogP) is 0.923. The molecule has 0 aliphatic carbocycles. The molecule has 0 aromatic carbocycles. The molecule has 0 radical (unpaired) electrons. The second kappa shape index (κ2) is 9.40. The number of amides is 2. The normalized spacial score (nSPS) is 27.0. The fraction of sp³-hybridized carbons (Fsp3) is 0.706. The maximum atomic E-state index is 12.4. The predicted molar refractivity (Wildman–Crippen MR) is 95.8 cm³/mol. The number of aliphatic hydroxyl groups is 1. The van der Waals surface area contributed by atoms with Crippen molar-refractivity contribution in [1.82, 2.24) is 10.3 Å². The average molecular weight is 383 g/mol. The molecule has 0 spiro atoms. The summed E-state index contributed by atoms with van der Waals surface area (Å²) in [7, 11) is 0. The quantitative estimate of drug-likeness (QED) is 0.674. The van der Waals surface area contributed by atoms with Gasteiger partial charge >= 0.3 is 0 Å². The van der Waals surface area contributed by atoms with Crippen molar-refractivity contribution in [2.75, 3.05) is 25.1 Å². The molecule has 2 fully saturated rings. The Balaban J connectivity index is 1.46. The van der Waals surface area contributed by atoms with Crippen LogP contribution >= 0.6 is 11.3 Å². The lowest BCUT2D eigenvalue weighted by Crippen LogP contribution is -2.52. The summed E-state index contributed by atoms with van der Waals surface area (Å²) >= 11 is 1.36. The molecule has 3 N–H and O–H groups in total. The van der Waals surface area contributed by atoms with Crippen molar-refractivity contribution in [1.29, 1.82) is 0 Å². The first-order valence-corrected chi connectivity index (χ1v) is 9.87. The average Bonchev–Trinajstić information content (AvgIpc) is 3.16. The SMILES string of the molecule is O=C(C[C@@H]1CC[C@@H](NC(=O)C2CCOCC2)[C@@H](CO)O1)Nc1nccs1. The largest absolute Gasteiger partial charge is 0.394 e. The molecule has 144 valence electrons. The van der Waals surface area contributed by atoms with Gasteiger partial charge in [0.2, 0.25) is 11.8 Å². The summed E-state index contributed by atoms with van der Waals surface area (Å²) in [5.74, 6) is -0.198. The first-order valence-electron chi connectivity index (χ1n) is 8.99. The molecule has 2 saturated heterocycles. The van der Waals surface area contributed by atoms with Crippen LogP contribution in [0.2, 0.25) is 0 Å². The molecule has 0 unspecified atom stereocenters. The molecule has 1 aromatic rings. The number of rotatable bonds is 6. The molecular formula is C17H25N3O5S. The smallest absolute Gasteiger partial charge is 0.228 e. The minimum Gasteiger partial charge on any atom is -0.394 e. The maximum absolute atomic E-state index is 12.4. The van der Waals surface area contributed by atoms with E-state index in [4.69, 9.17) is 9.47 Å². The first-order chi connectivity index (χ1) is 12.7. The Hall–Kier alpha value is -1.55. The number of aromatic nitrogens is 1. The molecule has 0 saturated carbocycles. The van der Waals surface area contributed by atoms with Crippen molar-refractivity contribution in [3.8, 4) is 0 Å². The van der Waals surface area contributed by atoms with Crippen LogP contribution in [0.25, 0.3) is 0 Å². The standard InChI is InChI=1S/C17H25N3O5S/c21-10-14-13(19-16(23)11-3-6-24-7-4-11)2-1-12(25-14)9-15(22)20-17-18-5-8-26-17/h5,8,11-14,21H,1-4,6-7,9-10H2,(H,19,23)(H,18,20,22)/t12-,13+,14+/m0/s1. The van der Waals surface area contributed by atoms with Crippen LogP contribution in [0.5, 0.6) is 0 Å². The van der Waals surface area contributed by atoms with E-state index in [1.165, 1.54) is 11.3 Å². The molecule has 3 rings (SSSR count). The number of anilines is 1. The zero-order chi connectivity index (χ0) is 18.4. The molecule has 8 nitrogen and oxygen atoms in total. The highest BCUT2D eigenvalue weighted by atomic mass is 32.1. The van der Waals surface area contributed by atoms with E-state index in [-0.39, 0.29) is 42.9 Å². The van der Waals surface area contributed by atoms with Gasteiger partial charge in [0, 0.05) is 30.7 Å². The van der Waals surface area contributed by atoms with Gasteiger partial charge < -0.3 is 25.2 Å². The molecule has 3 atom stereocenters. The number of carbonyl (C=O) groups is 2. The summed E-state index contributed by atoms with van der Waals surface area (Å²) in [6.07, 6.45) is 3.84. The molecule has 2 aliphatic heterocycles. The summed E-state index contributed by atoms with van der Waals surface area (Å²) in [6.45, 7) is 1.03. The zero-order valence-electron chi connectivity index (χ0n) is 14.6. The van der Waals surface area contributed by atoms with Crippen molar-refractivity contribution in [3.05, 3.63) is 11.6 Å². The van der Waals surface area contributed by atoms with Gasteiger partial charge in [-0.05, 0) is 25.7 Å². The van der Waals surface area contributed by atoms with E-state index in [9.17, 15) is 14.7 Å². The van der Waals surface area contributed by atoms with Crippen LogP contribution in [0.3, 0.4) is 0 Å². The summed E-state index contributed by atoms with van der Waals surface area (Å²) < 4.78 is 11.1. The van der Waals surface area contributed by atoms with Crippen LogP contribution in [0, 0.1) is 5.92 Å². The van der Waals surface area contributed by atoms with Gasteiger partial charge in [-0.2, -0.15) is 0 Å². The van der Waals surface area contributed by atoms with Gasteiger partial charge in [0.1, 0.15) is 6.10 Å². The molecule has 2 amide bonds. The fourth-order valence-electron chi connectivity index (χ4n) is 3.37. The Labute approximate surface area is 156 Å². The highest BCUT2D eigenvalue weighted by molar-refractivity contribution is 7.13. The van der Waals surface area contributed by atoms with Crippen LogP contribution in [-0.4, -0.2) is 60.0 Å². The number of ether oxygens (including phenoxy) is 2. The van der Waals surface area contributed by atoms with Gasteiger partial charge in [0.25, 0.3) is 0 Å². The Bertz CT molecular complexity index is 591. The molecule has 2 aliphatic rings. The van der Waals surface area contributed by atoms with Gasteiger partial charge in [0.15, 0.2) is 5.13 Å². The zero-order valence-corrected chi connectivity index (χ0v) is 15.4. The summed E-state index contributed by atoms with van der Waals surface area (Å²) in [6, 6.07) is -0.228. The third-order valence-corrected chi connectivity index (χ3v) is 5.50.